The van der Waals surface area contributed by atoms with Crippen LogP contribution in [-0.2, 0) is 17.8 Å². The predicted molar refractivity (Wildman–Crippen MR) is 118 cm³/mol. The molecule has 1 aromatic heterocycles. The second kappa shape index (κ2) is 8.71. The molecule has 0 spiro atoms. The molecular weight excluding hydrogens is 376 g/mol. The Morgan fingerprint density at radius 2 is 1.67 bits per heavy atom. The maximum absolute atomic E-state index is 10.9. The third kappa shape index (κ3) is 4.61. The third-order valence-corrected chi connectivity index (χ3v) is 4.96. The molecule has 1 unspecified atom stereocenters. The number of fused-ring (bicyclic) bond motifs is 1. The summed E-state index contributed by atoms with van der Waals surface area (Å²) in [6.07, 6.45) is 3.73. The van der Waals surface area contributed by atoms with E-state index in [1.54, 1.807) is 12.4 Å². The van der Waals surface area contributed by atoms with E-state index in [9.17, 15) is 4.79 Å². The number of carbonyl (C=O) groups is 1. The maximum atomic E-state index is 10.9. The lowest BCUT2D eigenvalue weighted by atomic mass is 10.0. The number of benzene rings is 3. The predicted octanol–water partition coefficient (Wildman–Crippen LogP) is 3.86. The fourth-order valence-corrected chi connectivity index (χ4v) is 3.26. The SMILES string of the molecule is NC(Cc1ccc(-c2cnc(NCc3ccc4ccccc4c3)cn2)cc1)C(=O)O. The van der Waals surface area contributed by atoms with Crippen LogP contribution in [-0.4, -0.2) is 27.1 Å². The molecule has 4 rings (SSSR count). The van der Waals surface area contributed by atoms with Crippen LogP contribution in [0.3, 0.4) is 0 Å². The minimum absolute atomic E-state index is 0.291. The van der Waals surface area contributed by atoms with Crippen LogP contribution in [0.5, 0.6) is 0 Å². The van der Waals surface area contributed by atoms with E-state index in [4.69, 9.17) is 10.8 Å². The zero-order chi connectivity index (χ0) is 20.9. The van der Waals surface area contributed by atoms with Crippen molar-refractivity contribution in [2.24, 2.45) is 5.73 Å². The molecule has 1 atom stereocenters. The minimum Gasteiger partial charge on any atom is -0.480 e. The Kier molecular flexibility index (Phi) is 5.68. The fourth-order valence-electron chi connectivity index (χ4n) is 3.26. The number of aliphatic carboxylic acids is 1. The first-order valence-electron chi connectivity index (χ1n) is 9.70. The highest BCUT2D eigenvalue weighted by Crippen LogP contribution is 2.19. The van der Waals surface area contributed by atoms with Gasteiger partial charge in [0, 0.05) is 12.1 Å². The summed E-state index contributed by atoms with van der Waals surface area (Å²) < 4.78 is 0. The van der Waals surface area contributed by atoms with E-state index in [2.05, 4.69) is 45.6 Å². The number of nitrogens with one attached hydrogen (secondary N) is 1. The number of nitrogens with two attached hydrogens (primary N) is 1. The van der Waals surface area contributed by atoms with Gasteiger partial charge in [-0.25, -0.2) is 4.98 Å². The highest BCUT2D eigenvalue weighted by molar-refractivity contribution is 5.83. The highest BCUT2D eigenvalue weighted by atomic mass is 16.4. The van der Waals surface area contributed by atoms with Crippen molar-refractivity contribution in [1.29, 1.82) is 0 Å². The molecule has 3 aromatic carbocycles. The van der Waals surface area contributed by atoms with E-state index < -0.39 is 12.0 Å². The zero-order valence-electron chi connectivity index (χ0n) is 16.3. The topological polar surface area (TPSA) is 101 Å². The number of hydrogen-bond acceptors (Lipinski definition) is 5. The summed E-state index contributed by atoms with van der Waals surface area (Å²) in [6.45, 7) is 0.664. The number of carboxylic acids is 1. The summed E-state index contributed by atoms with van der Waals surface area (Å²) in [5.41, 5.74) is 9.29. The molecule has 6 nitrogen and oxygen atoms in total. The lowest BCUT2D eigenvalue weighted by Gasteiger charge is -2.09. The van der Waals surface area contributed by atoms with Crippen LogP contribution in [0.15, 0.2) is 79.1 Å². The van der Waals surface area contributed by atoms with Gasteiger partial charge in [0.15, 0.2) is 0 Å². The molecule has 4 N–H and O–H groups in total. The molecule has 0 aliphatic carbocycles. The molecule has 0 saturated heterocycles. The summed E-state index contributed by atoms with van der Waals surface area (Å²) >= 11 is 0. The molecular formula is C24H22N4O2. The van der Waals surface area contributed by atoms with E-state index in [1.807, 2.05) is 36.4 Å². The van der Waals surface area contributed by atoms with Crippen molar-refractivity contribution >= 4 is 22.6 Å². The van der Waals surface area contributed by atoms with Crippen LogP contribution in [0, 0.1) is 0 Å². The lowest BCUT2D eigenvalue weighted by molar-refractivity contribution is -0.138. The Morgan fingerprint density at radius 1 is 0.933 bits per heavy atom. The van der Waals surface area contributed by atoms with Crippen LogP contribution in [0.4, 0.5) is 5.82 Å². The van der Waals surface area contributed by atoms with E-state index in [0.717, 1.165) is 16.8 Å². The van der Waals surface area contributed by atoms with Gasteiger partial charge in [-0.05, 0) is 34.4 Å². The molecule has 0 amide bonds. The van der Waals surface area contributed by atoms with Crippen molar-refractivity contribution in [3.8, 4) is 11.3 Å². The number of anilines is 1. The van der Waals surface area contributed by atoms with E-state index in [0.29, 0.717) is 18.8 Å². The van der Waals surface area contributed by atoms with Crippen molar-refractivity contribution in [2.75, 3.05) is 5.32 Å². The molecule has 1 heterocycles. The van der Waals surface area contributed by atoms with Crippen LogP contribution in [0.1, 0.15) is 11.1 Å². The van der Waals surface area contributed by atoms with E-state index in [1.165, 1.54) is 16.3 Å². The van der Waals surface area contributed by atoms with Gasteiger partial charge in [0.1, 0.15) is 11.9 Å². The molecule has 0 saturated carbocycles. The van der Waals surface area contributed by atoms with Gasteiger partial charge in [-0.1, -0.05) is 60.7 Å². The number of hydrogen-bond donors (Lipinski definition) is 3. The van der Waals surface area contributed by atoms with Crippen LogP contribution < -0.4 is 11.1 Å². The Morgan fingerprint density at radius 3 is 2.37 bits per heavy atom. The average Bonchev–Trinajstić information content (AvgIpc) is 2.78. The molecule has 6 heteroatoms. The Balaban J connectivity index is 1.39. The second-order valence-corrected chi connectivity index (χ2v) is 7.17. The maximum Gasteiger partial charge on any atom is 0.320 e. The monoisotopic (exact) mass is 398 g/mol. The van der Waals surface area contributed by atoms with Crippen molar-refractivity contribution < 1.29 is 9.90 Å². The van der Waals surface area contributed by atoms with E-state index >= 15 is 0 Å². The zero-order valence-corrected chi connectivity index (χ0v) is 16.3. The third-order valence-electron chi connectivity index (χ3n) is 4.96. The molecule has 0 aliphatic rings. The molecule has 4 aromatic rings. The minimum atomic E-state index is -1.00. The molecule has 30 heavy (non-hydrogen) atoms. The first-order valence-corrected chi connectivity index (χ1v) is 9.70. The van der Waals surface area contributed by atoms with Crippen molar-refractivity contribution in [1.82, 2.24) is 9.97 Å². The van der Waals surface area contributed by atoms with Gasteiger partial charge in [-0.3, -0.25) is 9.78 Å². The first-order chi connectivity index (χ1) is 14.6. The summed E-state index contributed by atoms with van der Waals surface area (Å²) in [6, 6.07) is 21.3. The molecule has 150 valence electrons. The average molecular weight is 398 g/mol. The van der Waals surface area contributed by atoms with Gasteiger partial charge in [-0.2, -0.15) is 0 Å². The van der Waals surface area contributed by atoms with Gasteiger partial charge in [-0.15, -0.1) is 0 Å². The van der Waals surface area contributed by atoms with Gasteiger partial charge in [0.05, 0.1) is 18.1 Å². The standard InChI is InChI=1S/C24H22N4O2/c25-21(24(29)30)12-16-5-9-19(10-6-16)22-14-28-23(15-26-22)27-13-17-7-8-18-3-1-2-4-20(18)11-17/h1-11,14-15,21H,12-13,25H2,(H,27,28)(H,29,30). The molecule has 0 bridgehead atoms. The summed E-state index contributed by atoms with van der Waals surface area (Å²) in [4.78, 5) is 19.8. The highest BCUT2D eigenvalue weighted by Gasteiger charge is 2.12. The number of carboxylic acid groups (broad SMARTS) is 1. The van der Waals surface area contributed by atoms with Gasteiger partial charge in [0.2, 0.25) is 0 Å². The fraction of sp³-hybridized carbons (Fsp3) is 0.125. The van der Waals surface area contributed by atoms with Crippen molar-refractivity contribution in [3.63, 3.8) is 0 Å². The molecule has 0 aliphatic heterocycles. The number of aromatic nitrogens is 2. The van der Waals surface area contributed by atoms with Gasteiger partial charge < -0.3 is 16.2 Å². The lowest BCUT2D eigenvalue weighted by Crippen LogP contribution is -2.32. The van der Waals surface area contributed by atoms with Gasteiger partial charge >= 0.3 is 5.97 Å². The summed E-state index contributed by atoms with van der Waals surface area (Å²) in [5.74, 6) is -0.298. The van der Waals surface area contributed by atoms with Gasteiger partial charge in [0.25, 0.3) is 0 Å². The summed E-state index contributed by atoms with van der Waals surface area (Å²) in [5, 5.41) is 14.7. The van der Waals surface area contributed by atoms with Crippen LogP contribution in [0.2, 0.25) is 0 Å². The first kappa shape index (κ1) is 19.5. The van der Waals surface area contributed by atoms with Crippen LogP contribution >= 0.6 is 0 Å². The quantitative estimate of drug-likeness (QED) is 0.437. The Hall–Kier alpha value is -3.77. The number of nitrogens with zero attached hydrogens (tertiary/aromatic N) is 2. The smallest absolute Gasteiger partial charge is 0.320 e. The second-order valence-electron chi connectivity index (χ2n) is 7.17. The molecule has 0 fully saturated rings. The van der Waals surface area contributed by atoms with E-state index in [-0.39, 0.29) is 0 Å². The Labute approximate surface area is 174 Å². The largest absolute Gasteiger partial charge is 0.480 e. The molecule has 0 radical (unpaired) electrons. The van der Waals surface area contributed by atoms with Crippen molar-refractivity contribution in [3.05, 3.63) is 90.3 Å². The summed E-state index contributed by atoms with van der Waals surface area (Å²) in [7, 11) is 0. The number of rotatable bonds is 7. The van der Waals surface area contributed by atoms with Crippen molar-refractivity contribution in [2.45, 2.75) is 19.0 Å². The Bertz CT molecular complexity index is 1160. The normalized spacial score (nSPS) is 11.9. The van der Waals surface area contributed by atoms with Crippen LogP contribution in [0.25, 0.3) is 22.0 Å².